The fraction of sp³-hybridized carbons (Fsp3) is 0.300. The minimum Gasteiger partial charge on any atom is -0.478 e. The zero-order chi connectivity index (χ0) is 21.0. The van der Waals surface area contributed by atoms with Gasteiger partial charge in [-0.25, -0.2) is 9.18 Å². The normalized spacial score (nSPS) is 14.7. The number of anilines is 1. The van der Waals surface area contributed by atoms with Gasteiger partial charge in [-0.05, 0) is 29.8 Å². The van der Waals surface area contributed by atoms with Crippen molar-refractivity contribution in [3.63, 3.8) is 0 Å². The summed E-state index contributed by atoms with van der Waals surface area (Å²) in [6.07, 6.45) is 0. The van der Waals surface area contributed by atoms with Crippen LogP contribution >= 0.6 is 0 Å². The zero-order valence-electron chi connectivity index (χ0n) is 15.3. The molecule has 1 fully saturated rings. The highest BCUT2D eigenvalue weighted by Gasteiger charge is 2.22. The molecule has 0 saturated carbocycles. The molecule has 1 aliphatic rings. The largest absolute Gasteiger partial charge is 0.478 e. The predicted molar refractivity (Wildman–Crippen MR) is 98.6 cm³/mol. The van der Waals surface area contributed by atoms with Gasteiger partial charge in [-0.1, -0.05) is 6.07 Å². The van der Waals surface area contributed by atoms with Gasteiger partial charge in [0.15, 0.2) is 5.75 Å². The molecule has 1 N–H and O–H groups in total. The van der Waals surface area contributed by atoms with Gasteiger partial charge >= 0.3 is 12.6 Å². The van der Waals surface area contributed by atoms with E-state index in [1.165, 1.54) is 18.2 Å². The Hall–Kier alpha value is -3.25. The summed E-state index contributed by atoms with van der Waals surface area (Å²) in [5.41, 5.74) is 1.00. The van der Waals surface area contributed by atoms with E-state index < -0.39 is 18.4 Å². The average Bonchev–Trinajstić information content (AvgIpc) is 2.68. The lowest BCUT2D eigenvalue weighted by atomic mass is 10.1. The van der Waals surface area contributed by atoms with Crippen LogP contribution < -0.4 is 9.64 Å². The van der Waals surface area contributed by atoms with Crippen LogP contribution in [-0.4, -0.2) is 48.8 Å². The monoisotopic (exact) mass is 405 g/mol. The lowest BCUT2D eigenvalue weighted by Crippen LogP contribution is -2.46. The molecule has 2 aromatic rings. The van der Waals surface area contributed by atoms with Gasteiger partial charge in [0.25, 0.3) is 0 Å². The van der Waals surface area contributed by atoms with E-state index in [4.69, 9.17) is 10.4 Å². The number of carboxylic acids is 1. The van der Waals surface area contributed by atoms with Crippen molar-refractivity contribution in [1.29, 1.82) is 5.26 Å². The van der Waals surface area contributed by atoms with E-state index >= 15 is 0 Å². The quantitative estimate of drug-likeness (QED) is 0.795. The average molecular weight is 405 g/mol. The van der Waals surface area contributed by atoms with Crippen molar-refractivity contribution in [2.75, 3.05) is 31.1 Å². The Morgan fingerprint density at radius 1 is 1.17 bits per heavy atom. The molecule has 0 radical (unpaired) electrons. The molecule has 6 nitrogen and oxygen atoms in total. The maximum Gasteiger partial charge on any atom is 0.387 e. The summed E-state index contributed by atoms with van der Waals surface area (Å²) in [5.74, 6) is -2.13. The van der Waals surface area contributed by atoms with Gasteiger partial charge in [0.1, 0.15) is 5.82 Å². The SMILES string of the molecule is N#Cc1ccc(N2CCN(Cc3ccc(C(=O)O)c(F)c3)CC2)c(OC(F)F)c1. The first-order chi connectivity index (χ1) is 13.9. The lowest BCUT2D eigenvalue weighted by Gasteiger charge is -2.36. The third kappa shape index (κ3) is 4.97. The first-order valence-corrected chi connectivity index (χ1v) is 8.85. The van der Waals surface area contributed by atoms with Crippen LogP contribution in [0.15, 0.2) is 36.4 Å². The number of nitrogens with zero attached hydrogens (tertiary/aromatic N) is 3. The number of hydrogen-bond acceptors (Lipinski definition) is 5. The second kappa shape index (κ2) is 8.84. The maximum absolute atomic E-state index is 13.8. The molecule has 3 rings (SSSR count). The molecule has 0 amide bonds. The predicted octanol–water partition coefficient (Wildman–Crippen LogP) is 3.32. The van der Waals surface area contributed by atoms with E-state index in [0.717, 1.165) is 0 Å². The van der Waals surface area contributed by atoms with Crippen molar-refractivity contribution in [1.82, 2.24) is 4.90 Å². The number of nitriles is 1. The van der Waals surface area contributed by atoms with Crippen LogP contribution in [0.5, 0.6) is 5.75 Å². The Morgan fingerprint density at radius 2 is 1.90 bits per heavy atom. The summed E-state index contributed by atoms with van der Waals surface area (Å²) < 4.78 is 43.9. The molecule has 152 valence electrons. The lowest BCUT2D eigenvalue weighted by molar-refractivity contribution is -0.0495. The molecule has 1 saturated heterocycles. The molecule has 0 atom stereocenters. The number of benzene rings is 2. The summed E-state index contributed by atoms with van der Waals surface area (Å²) in [4.78, 5) is 14.8. The standard InChI is InChI=1S/C20H18F3N3O3/c21-16-9-14(1-3-15(16)19(27)28)12-25-5-7-26(8-6-25)17-4-2-13(11-24)10-18(17)29-20(22)23/h1-4,9-10,20H,5-8,12H2,(H,27,28). The van der Waals surface area contributed by atoms with E-state index in [2.05, 4.69) is 9.64 Å². The minimum absolute atomic E-state index is 0.0427. The van der Waals surface area contributed by atoms with Crippen molar-refractivity contribution >= 4 is 11.7 Å². The Bertz CT molecular complexity index is 938. The second-order valence-electron chi connectivity index (χ2n) is 6.56. The Kier molecular flexibility index (Phi) is 6.24. The van der Waals surface area contributed by atoms with Crippen LogP contribution in [-0.2, 0) is 6.54 Å². The van der Waals surface area contributed by atoms with Crippen LogP contribution in [0, 0.1) is 17.1 Å². The highest BCUT2D eigenvalue weighted by atomic mass is 19.3. The highest BCUT2D eigenvalue weighted by Crippen LogP contribution is 2.31. The van der Waals surface area contributed by atoms with Crippen LogP contribution in [0.2, 0.25) is 0 Å². The van der Waals surface area contributed by atoms with Crippen molar-refractivity contribution < 1.29 is 27.8 Å². The summed E-state index contributed by atoms with van der Waals surface area (Å²) in [7, 11) is 0. The smallest absolute Gasteiger partial charge is 0.387 e. The highest BCUT2D eigenvalue weighted by molar-refractivity contribution is 5.87. The van der Waals surface area contributed by atoms with Crippen LogP contribution in [0.4, 0.5) is 18.9 Å². The van der Waals surface area contributed by atoms with Gasteiger partial charge in [-0.2, -0.15) is 14.0 Å². The molecule has 0 spiro atoms. The molecule has 0 bridgehead atoms. The van der Waals surface area contributed by atoms with E-state index in [9.17, 15) is 18.0 Å². The number of carboxylic acid groups (broad SMARTS) is 1. The fourth-order valence-corrected chi connectivity index (χ4v) is 3.27. The van der Waals surface area contributed by atoms with Crippen molar-refractivity contribution in [3.8, 4) is 11.8 Å². The third-order valence-electron chi connectivity index (χ3n) is 4.69. The fourth-order valence-electron chi connectivity index (χ4n) is 3.27. The molecule has 2 aromatic carbocycles. The molecular formula is C20H18F3N3O3. The Balaban J connectivity index is 1.66. The van der Waals surface area contributed by atoms with E-state index in [1.807, 2.05) is 11.0 Å². The summed E-state index contributed by atoms with van der Waals surface area (Å²) in [6.45, 7) is -0.305. The maximum atomic E-state index is 13.8. The second-order valence-corrected chi connectivity index (χ2v) is 6.56. The number of ether oxygens (including phenoxy) is 1. The number of piperazine rings is 1. The Morgan fingerprint density at radius 3 is 2.48 bits per heavy atom. The summed E-state index contributed by atoms with van der Waals surface area (Å²) >= 11 is 0. The molecule has 0 aromatic heterocycles. The van der Waals surface area contributed by atoms with Gasteiger partial charge in [-0.3, -0.25) is 4.90 Å². The van der Waals surface area contributed by atoms with Gasteiger partial charge in [0, 0.05) is 38.8 Å². The molecule has 9 heteroatoms. The molecule has 0 aliphatic carbocycles. The van der Waals surface area contributed by atoms with Crippen LogP contribution in [0.1, 0.15) is 21.5 Å². The van der Waals surface area contributed by atoms with E-state index in [1.54, 1.807) is 18.2 Å². The summed E-state index contributed by atoms with van der Waals surface area (Å²) in [6, 6.07) is 10.4. The molecule has 1 heterocycles. The molecular weight excluding hydrogens is 387 g/mol. The van der Waals surface area contributed by atoms with E-state index in [0.29, 0.717) is 44.0 Å². The first-order valence-electron chi connectivity index (χ1n) is 8.85. The Labute approximate surface area is 165 Å². The molecule has 1 aliphatic heterocycles. The van der Waals surface area contributed by atoms with Crippen LogP contribution in [0.3, 0.4) is 0 Å². The number of hydrogen-bond donors (Lipinski definition) is 1. The minimum atomic E-state index is -2.99. The number of halogens is 3. The van der Waals surface area contributed by atoms with Crippen molar-refractivity contribution in [2.45, 2.75) is 13.2 Å². The third-order valence-corrected chi connectivity index (χ3v) is 4.69. The molecule has 0 unspecified atom stereocenters. The number of rotatable bonds is 6. The number of carbonyl (C=O) groups is 1. The molecule has 29 heavy (non-hydrogen) atoms. The van der Waals surface area contributed by atoms with Crippen molar-refractivity contribution in [3.05, 3.63) is 58.9 Å². The van der Waals surface area contributed by atoms with Gasteiger partial charge in [0.05, 0.1) is 22.9 Å². The van der Waals surface area contributed by atoms with Gasteiger partial charge < -0.3 is 14.7 Å². The zero-order valence-corrected chi connectivity index (χ0v) is 15.3. The van der Waals surface area contributed by atoms with Gasteiger partial charge in [0.2, 0.25) is 0 Å². The summed E-state index contributed by atoms with van der Waals surface area (Å²) in [5, 5.41) is 17.9. The number of alkyl halides is 2. The van der Waals surface area contributed by atoms with E-state index in [-0.39, 0.29) is 16.9 Å². The first kappa shape index (κ1) is 20.5. The van der Waals surface area contributed by atoms with Crippen LogP contribution in [0.25, 0.3) is 0 Å². The topological polar surface area (TPSA) is 76.8 Å². The van der Waals surface area contributed by atoms with Crippen molar-refractivity contribution in [2.24, 2.45) is 0 Å². The number of aromatic carboxylic acids is 1. The van der Waals surface area contributed by atoms with Gasteiger partial charge in [-0.15, -0.1) is 0 Å².